The highest BCUT2D eigenvalue weighted by Crippen LogP contribution is 2.29. The number of hydrogen-bond acceptors (Lipinski definition) is 6. The molecule has 1 N–H and O–H groups in total. The Bertz CT molecular complexity index is 1010. The van der Waals surface area contributed by atoms with E-state index in [4.69, 9.17) is 14.2 Å². The molecule has 0 unspecified atom stereocenters. The lowest BCUT2D eigenvalue weighted by atomic mass is 9.85. The van der Waals surface area contributed by atoms with Gasteiger partial charge in [0.25, 0.3) is 0 Å². The van der Waals surface area contributed by atoms with E-state index in [0.29, 0.717) is 19.0 Å². The van der Waals surface area contributed by atoms with Gasteiger partial charge in [-0.2, -0.15) is 4.98 Å². The van der Waals surface area contributed by atoms with Crippen molar-refractivity contribution in [2.45, 2.75) is 19.3 Å². The van der Waals surface area contributed by atoms with Crippen LogP contribution in [0.3, 0.4) is 0 Å². The molecule has 1 heterocycles. The number of amides is 1. The lowest BCUT2D eigenvalue weighted by Gasteiger charge is -2.24. The highest BCUT2D eigenvalue weighted by Gasteiger charge is 2.25. The quantitative estimate of drug-likeness (QED) is 0.529. The van der Waals surface area contributed by atoms with E-state index in [1.807, 2.05) is 48.5 Å². The number of benzene rings is 2. The summed E-state index contributed by atoms with van der Waals surface area (Å²) in [5.41, 5.74) is 2.45. The number of rotatable bonds is 9. The summed E-state index contributed by atoms with van der Waals surface area (Å²) in [5.74, 6) is 1.63. The number of ether oxygens (including phenoxy) is 3. The highest BCUT2D eigenvalue weighted by atomic mass is 16.5. The van der Waals surface area contributed by atoms with Crippen LogP contribution >= 0.6 is 0 Å². The molecule has 1 aliphatic rings. The van der Waals surface area contributed by atoms with Crippen molar-refractivity contribution in [3.8, 4) is 28.8 Å². The van der Waals surface area contributed by atoms with E-state index in [0.717, 1.165) is 42.0 Å². The zero-order valence-corrected chi connectivity index (χ0v) is 17.7. The first-order valence-electron chi connectivity index (χ1n) is 10.3. The molecule has 8 nitrogen and oxygen atoms in total. The van der Waals surface area contributed by atoms with Crippen LogP contribution in [0.2, 0.25) is 0 Å². The molecule has 8 heteroatoms. The second kappa shape index (κ2) is 9.61. The summed E-state index contributed by atoms with van der Waals surface area (Å²) < 4.78 is 17.6. The number of methoxy groups -OCH3 is 2. The molecule has 0 saturated heterocycles. The van der Waals surface area contributed by atoms with Crippen molar-refractivity contribution in [1.29, 1.82) is 0 Å². The molecule has 1 saturated carbocycles. The molecule has 1 fully saturated rings. The van der Waals surface area contributed by atoms with E-state index in [1.165, 1.54) is 0 Å². The van der Waals surface area contributed by atoms with Gasteiger partial charge in [0.1, 0.15) is 12.4 Å². The predicted molar refractivity (Wildman–Crippen MR) is 117 cm³/mol. The average Bonchev–Trinajstić information content (AvgIpc) is 3.17. The van der Waals surface area contributed by atoms with Gasteiger partial charge >= 0.3 is 6.01 Å². The number of nitrogens with zero attached hydrogens (tertiary/aromatic N) is 3. The Morgan fingerprint density at radius 2 is 1.81 bits per heavy atom. The van der Waals surface area contributed by atoms with Crippen molar-refractivity contribution in [2.24, 2.45) is 5.92 Å². The SMILES string of the molecule is COCCOc1nc(-c2ccc(OC)cc2)n(-c2ccc(NC(=O)C3CCC3)cc2)n1. The van der Waals surface area contributed by atoms with E-state index >= 15 is 0 Å². The van der Waals surface area contributed by atoms with Gasteiger partial charge in [0, 0.05) is 24.3 Å². The fourth-order valence-corrected chi connectivity index (χ4v) is 3.28. The van der Waals surface area contributed by atoms with Crippen LogP contribution in [0.25, 0.3) is 17.1 Å². The summed E-state index contributed by atoms with van der Waals surface area (Å²) in [6.45, 7) is 0.802. The van der Waals surface area contributed by atoms with Crippen molar-refractivity contribution < 1.29 is 19.0 Å². The summed E-state index contributed by atoms with van der Waals surface area (Å²) in [6.07, 6.45) is 3.08. The molecule has 0 atom stereocenters. The fraction of sp³-hybridized carbons (Fsp3) is 0.348. The van der Waals surface area contributed by atoms with Crippen molar-refractivity contribution in [3.63, 3.8) is 0 Å². The smallest absolute Gasteiger partial charge is 0.336 e. The van der Waals surface area contributed by atoms with E-state index in [9.17, 15) is 4.79 Å². The van der Waals surface area contributed by atoms with Gasteiger partial charge in [0.15, 0.2) is 5.82 Å². The molecule has 162 valence electrons. The van der Waals surface area contributed by atoms with Crippen molar-refractivity contribution in [3.05, 3.63) is 48.5 Å². The van der Waals surface area contributed by atoms with Crippen LogP contribution in [0.5, 0.6) is 11.8 Å². The molecule has 1 amide bonds. The van der Waals surface area contributed by atoms with Gasteiger partial charge in [-0.05, 0) is 61.4 Å². The fourth-order valence-electron chi connectivity index (χ4n) is 3.28. The monoisotopic (exact) mass is 422 g/mol. The zero-order valence-electron chi connectivity index (χ0n) is 17.7. The third-order valence-corrected chi connectivity index (χ3v) is 5.31. The normalized spacial score (nSPS) is 13.5. The second-order valence-corrected chi connectivity index (χ2v) is 7.36. The standard InChI is InChI=1S/C23H26N4O4/c1-29-14-15-31-23-25-21(16-6-12-20(30-2)13-7-16)27(26-23)19-10-8-18(9-11-19)24-22(28)17-4-3-5-17/h6-13,17H,3-5,14-15H2,1-2H3,(H,24,28). The maximum atomic E-state index is 12.2. The Morgan fingerprint density at radius 1 is 1.06 bits per heavy atom. The van der Waals surface area contributed by atoms with Crippen LogP contribution in [0.1, 0.15) is 19.3 Å². The van der Waals surface area contributed by atoms with Crippen LogP contribution in [0, 0.1) is 5.92 Å². The number of carbonyl (C=O) groups is 1. The lowest BCUT2D eigenvalue weighted by molar-refractivity contribution is -0.122. The van der Waals surface area contributed by atoms with Crippen LogP contribution in [0.15, 0.2) is 48.5 Å². The summed E-state index contributed by atoms with van der Waals surface area (Å²) >= 11 is 0. The molecule has 1 aliphatic carbocycles. The molecule has 0 spiro atoms. The van der Waals surface area contributed by atoms with Gasteiger partial charge in [-0.15, -0.1) is 5.10 Å². The molecule has 4 rings (SSSR count). The first-order chi connectivity index (χ1) is 15.2. The van der Waals surface area contributed by atoms with Crippen LogP contribution < -0.4 is 14.8 Å². The van der Waals surface area contributed by atoms with Gasteiger partial charge in [-0.1, -0.05) is 6.42 Å². The highest BCUT2D eigenvalue weighted by molar-refractivity contribution is 5.93. The molecule has 1 aromatic heterocycles. The van der Waals surface area contributed by atoms with E-state index in [-0.39, 0.29) is 17.8 Å². The Kier molecular flexibility index (Phi) is 6.47. The van der Waals surface area contributed by atoms with Gasteiger partial charge in [0.05, 0.1) is 19.4 Å². The second-order valence-electron chi connectivity index (χ2n) is 7.36. The first kappa shape index (κ1) is 20.9. The molecule has 3 aromatic rings. The lowest BCUT2D eigenvalue weighted by Crippen LogP contribution is -2.27. The first-order valence-corrected chi connectivity index (χ1v) is 10.3. The topological polar surface area (TPSA) is 87.5 Å². The molecule has 0 radical (unpaired) electrons. The predicted octanol–water partition coefficient (Wildman–Crippen LogP) is 3.71. The average molecular weight is 422 g/mol. The molecular weight excluding hydrogens is 396 g/mol. The van der Waals surface area contributed by atoms with Crippen molar-refractivity contribution >= 4 is 11.6 Å². The molecular formula is C23H26N4O4. The molecule has 0 bridgehead atoms. The Morgan fingerprint density at radius 3 is 2.42 bits per heavy atom. The van der Waals surface area contributed by atoms with Crippen LogP contribution in [-0.2, 0) is 9.53 Å². The van der Waals surface area contributed by atoms with E-state index in [1.54, 1.807) is 18.9 Å². The number of hydrogen-bond donors (Lipinski definition) is 1. The van der Waals surface area contributed by atoms with E-state index in [2.05, 4.69) is 15.4 Å². The third-order valence-electron chi connectivity index (χ3n) is 5.31. The minimum Gasteiger partial charge on any atom is -0.497 e. The van der Waals surface area contributed by atoms with E-state index < -0.39 is 0 Å². The van der Waals surface area contributed by atoms with Crippen LogP contribution in [-0.4, -0.2) is 48.1 Å². The maximum absolute atomic E-state index is 12.2. The number of nitrogens with one attached hydrogen (secondary N) is 1. The largest absolute Gasteiger partial charge is 0.497 e. The Hall–Kier alpha value is -3.39. The summed E-state index contributed by atoms with van der Waals surface area (Å²) in [7, 11) is 3.24. The van der Waals surface area contributed by atoms with Crippen molar-refractivity contribution in [2.75, 3.05) is 32.8 Å². The third kappa shape index (κ3) is 4.86. The van der Waals surface area contributed by atoms with Gasteiger partial charge in [-0.25, -0.2) is 4.68 Å². The minimum absolute atomic E-state index is 0.0903. The zero-order chi connectivity index (χ0) is 21.6. The molecule has 31 heavy (non-hydrogen) atoms. The molecule has 0 aliphatic heterocycles. The van der Waals surface area contributed by atoms with Gasteiger partial charge in [-0.3, -0.25) is 4.79 Å². The maximum Gasteiger partial charge on any atom is 0.336 e. The summed E-state index contributed by atoms with van der Waals surface area (Å²) in [6, 6.07) is 15.4. The van der Waals surface area contributed by atoms with Gasteiger partial charge in [0.2, 0.25) is 5.91 Å². The number of aromatic nitrogens is 3. The van der Waals surface area contributed by atoms with Crippen LogP contribution in [0.4, 0.5) is 5.69 Å². The van der Waals surface area contributed by atoms with Gasteiger partial charge < -0.3 is 19.5 Å². The summed E-state index contributed by atoms with van der Waals surface area (Å²) in [5, 5.41) is 7.51. The Labute approximate surface area is 181 Å². The number of anilines is 1. The molecule has 2 aromatic carbocycles. The minimum atomic E-state index is 0.0903. The van der Waals surface area contributed by atoms with Crippen molar-refractivity contribution in [1.82, 2.24) is 14.8 Å². The number of carbonyl (C=O) groups excluding carboxylic acids is 1. The summed E-state index contributed by atoms with van der Waals surface area (Å²) in [4.78, 5) is 16.8. The Balaban J connectivity index is 1.59.